The van der Waals surface area contributed by atoms with Crippen molar-refractivity contribution in [3.8, 4) is 5.88 Å². The molecule has 0 saturated carbocycles. The van der Waals surface area contributed by atoms with E-state index in [1.807, 2.05) is 12.1 Å². The largest absolute Gasteiger partial charge is 0.494 e. The van der Waals surface area contributed by atoms with Gasteiger partial charge in [0.1, 0.15) is 5.56 Å². The van der Waals surface area contributed by atoms with Crippen molar-refractivity contribution >= 4 is 23.5 Å². The third-order valence-electron chi connectivity index (χ3n) is 3.89. The van der Waals surface area contributed by atoms with Gasteiger partial charge in [-0.05, 0) is 23.3 Å². The Balaban J connectivity index is 2.32. The smallest absolute Gasteiger partial charge is 0.333 e. The van der Waals surface area contributed by atoms with Gasteiger partial charge in [-0.25, -0.2) is 4.79 Å². The molecule has 0 bridgehead atoms. The zero-order valence-corrected chi connectivity index (χ0v) is 12.6. The van der Waals surface area contributed by atoms with Crippen LogP contribution in [0.25, 0.3) is 17.7 Å². The van der Waals surface area contributed by atoms with Gasteiger partial charge in [-0.3, -0.25) is 18.7 Å². The molecule has 23 heavy (non-hydrogen) atoms. The molecule has 1 aromatic heterocycles. The molecule has 0 spiro atoms. The number of nitrogens with zero attached hydrogens (tertiary/aromatic N) is 2. The van der Waals surface area contributed by atoms with E-state index < -0.39 is 17.1 Å². The SMILES string of the molecule is Cn1c(O)c(C=C2C(=O)C=Cc3ccccc32)c(=O)n(C)c1=O. The summed E-state index contributed by atoms with van der Waals surface area (Å²) in [6.07, 6.45) is 4.45. The molecule has 0 saturated heterocycles. The number of allylic oxidation sites excluding steroid dienone is 2. The van der Waals surface area contributed by atoms with Gasteiger partial charge in [0.05, 0.1) is 0 Å². The maximum absolute atomic E-state index is 12.3. The Morgan fingerprint density at radius 1 is 1.00 bits per heavy atom. The molecule has 1 aliphatic carbocycles. The number of hydrogen-bond donors (Lipinski definition) is 1. The van der Waals surface area contributed by atoms with E-state index in [0.29, 0.717) is 11.1 Å². The Kier molecular flexibility index (Phi) is 3.37. The lowest BCUT2D eigenvalue weighted by molar-refractivity contribution is -0.109. The number of benzene rings is 1. The summed E-state index contributed by atoms with van der Waals surface area (Å²) in [4.78, 5) is 36.3. The Morgan fingerprint density at radius 2 is 1.70 bits per heavy atom. The second-order valence-electron chi connectivity index (χ2n) is 5.29. The maximum atomic E-state index is 12.3. The third kappa shape index (κ3) is 2.24. The highest BCUT2D eigenvalue weighted by atomic mass is 16.3. The molecule has 1 N–H and O–H groups in total. The number of aromatic hydroxyl groups is 1. The van der Waals surface area contributed by atoms with Crippen LogP contribution in [-0.4, -0.2) is 20.0 Å². The lowest BCUT2D eigenvalue weighted by Crippen LogP contribution is -2.38. The summed E-state index contributed by atoms with van der Waals surface area (Å²) in [6, 6.07) is 7.26. The van der Waals surface area contributed by atoms with Crippen molar-refractivity contribution in [3.05, 3.63) is 67.9 Å². The average molecular weight is 310 g/mol. The van der Waals surface area contributed by atoms with E-state index >= 15 is 0 Å². The fraction of sp³-hybridized carbons (Fsp3) is 0.118. The minimum Gasteiger partial charge on any atom is -0.494 e. The highest BCUT2D eigenvalue weighted by Crippen LogP contribution is 2.28. The molecule has 1 heterocycles. The zero-order valence-electron chi connectivity index (χ0n) is 12.6. The first kappa shape index (κ1) is 14.8. The lowest BCUT2D eigenvalue weighted by Gasteiger charge is -2.14. The van der Waals surface area contributed by atoms with Gasteiger partial charge in [0.25, 0.3) is 5.56 Å². The summed E-state index contributed by atoms with van der Waals surface area (Å²) in [5, 5.41) is 10.1. The van der Waals surface area contributed by atoms with Gasteiger partial charge in [0, 0.05) is 19.7 Å². The zero-order chi connectivity index (χ0) is 16.7. The van der Waals surface area contributed by atoms with Crippen molar-refractivity contribution in [2.75, 3.05) is 0 Å². The van der Waals surface area contributed by atoms with Crippen molar-refractivity contribution < 1.29 is 9.90 Å². The number of hydrogen-bond acceptors (Lipinski definition) is 4. The second kappa shape index (κ2) is 5.24. The summed E-state index contributed by atoms with van der Waals surface area (Å²) in [5.41, 5.74) is 0.440. The van der Waals surface area contributed by atoms with E-state index in [9.17, 15) is 19.5 Å². The van der Waals surface area contributed by atoms with E-state index in [4.69, 9.17) is 0 Å². The molecule has 0 atom stereocenters. The Labute approximate surface area is 131 Å². The number of aromatic nitrogens is 2. The Morgan fingerprint density at radius 3 is 2.43 bits per heavy atom. The molecule has 1 aliphatic rings. The first-order valence-corrected chi connectivity index (χ1v) is 6.94. The molecule has 0 fully saturated rings. The van der Waals surface area contributed by atoms with Gasteiger partial charge < -0.3 is 5.11 Å². The van der Waals surface area contributed by atoms with Crippen LogP contribution < -0.4 is 11.2 Å². The number of rotatable bonds is 1. The number of fused-ring (bicyclic) bond motifs is 1. The number of ketones is 1. The van der Waals surface area contributed by atoms with E-state index in [-0.39, 0.29) is 11.3 Å². The van der Waals surface area contributed by atoms with E-state index in [1.165, 1.54) is 26.2 Å². The predicted octanol–water partition coefficient (Wildman–Crippen LogP) is 0.926. The van der Waals surface area contributed by atoms with Crippen LogP contribution in [0, 0.1) is 0 Å². The van der Waals surface area contributed by atoms with Gasteiger partial charge in [-0.1, -0.05) is 30.3 Å². The van der Waals surface area contributed by atoms with E-state index in [0.717, 1.165) is 14.7 Å². The molecule has 0 unspecified atom stereocenters. The van der Waals surface area contributed by atoms with Crippen molar-refractivity contribution in [1.82, 2.24) is 9.13 Å². The predicted molar refractivity (Wildman–Crippen MR) is 86.9 cm³/mol. The number of carbonyl (C=O) groups excluding carboxylic acids is 1. The molecule has 3 rings (SSSR count). The molecule has 0 amide bonds. The molecule has 6 nitrogen and oxygen atoms in total. The van der Waals surface area contributed by atoms with Gasteiger partial charge >= 0.3 is 5.69 Å². The third-order valence-corrected chi connectivity index (χ3v) is 3.89. The Hall–Kier alpha value is -3.15. The minimum atomic E-state index is -0.655. The topological polar surface area (TPSA) is 81.3 Å². The normalized spacial score (nSPS) is 15.0. The molecule has 1 aromatic carbocycles. The average Bonchev–Trinajstić information content (AvgIpc) is 2.56. The molecule has 116 valence electrons. The maximum Gasteiger partial charge on any atom is 0.333 e. The monoisotopic (exact) mass is 310 g/mol. The standard InChI is InChI=1S/C17H14N2O4/c1-18-15(21)13(16(22)19(2)17(18)23)9-12-11-6-4-3-5-10(11)7-8-14(12)20/h3-9,21H,1-2H3. The van der Waals surface area contributed by atoms with Crippen molar-refractivity contribution in [2.45, 2.75) is 0 Å². The van der Waals surface area contributed by atoms with Crippen LogP contribution in [0.15, 0.2) is 39.9 Å². The summed E-state index contributed by atoms with van der Waals surface area (Å²) in [5.74, 6) is -0.732. The van der Waals surface area contributed by atoms with E-state index in [1.54, 1.807) is 18.2 Å². The molecular weight excluding hydrogens is 296 g/mol. The van der Waals surface area contributed by atoms with Crippen LogP contribution in [0.1, 0.15) is 16.7 Å². The molecule has 0 radical (unpaired) electrons. The van der Waals surface area contributed by atoms with Gasteiger partial charge in [0.15, 0.2) is 5.78 Å². The summed E-state index contributed by atoms with van der Waals surface area (Å²) < 4.78 is 1.85. The van der Waals surface area contributed by atoms with Crippen LogP contribution in [0.5, 0.6) is 5.88 Å². The first-order valence-electron chi connectivity index (χ1n) is 6.94. The fourth-order valence-electron chi connectivity index (χ4n) is 2.55. The summed E-state index contributed by atoms with van der Waals surface area (Å²) >= 11 is 0. The first-order chi connectivity index (χ1) is 10.9. The lowest BCUT2D eigenvalue weighted by atomic mass is 9.90. The molecule has 6 heteroatoms. The summed E-state index contributed by atoms with van der Waals surface area (Å²) in [6.45, 7) is 0. The van der Waals surface area contributed by atoms with Gasteiger partial charge in [-0.2, -0.15) is 0 Å². The molecular formula is C17H14N2O4. The summed E-state index contributed by atoms with van der Waals surface area (Å²) in [7, 11) is 2.68. The van der Waals surface area contributed by atoms with Crippen LogP contribution in [0.3, 0.4) is 0 Å². The van der Waals surface area contributed by atoms with Crippen LogP contribution in [0.4, 0.5) is 0 Å². The van der Waals surface area contributed by atoms with E-state index in [2.05, 4.69) is 0 Å². The van der Waals surface area contributed by atoms with Gasteiger partial charge in [-0.15, -0.1) is 0 Å². The van der Waals surface area contributed by atoms with Crippen molar-refractivity contribution in [2.24, 2.45) is 14.1 Å². The van der Waals surface area contributed by atoms with Gasteiger partial charge in [0.2, 0.25) is 5.88 Å². The van der Waals surface area contributed by atoms with Crippen LogP contribution in [0.2, 0.25) is 0 Å². The highest BCUT2D eigenvalue weighted by molar-refractivity contribution is 6.33. The number of carbonyl (C=O) groups is 1. The quantitative estimate of drug-likeness (QED) is 0.794. The van der Waals surface area contributed by atoms with Crippen LogP contribution >= 0.6 is 0 Å². The molecule has 0 aliphatic heterocycles. The fourth-order valence-corrected chi connectivity index (χ4v) is 2.55. The molecule has 2 aromatic rings. The highest BCUT2D eigenvalue weighted by Gasteiger charge is 2.20. The Bertz CT molecular complexity index is 1010. The second-order valence-corrected chi connectivity index (χ2v) is 5.29. The minimum absolute atomic E-state index is 0.0944. The van der Waals surface area contributed by atoms with Crippen molar-refractivity contribution in [3.63, 3.8) is 0 Å². The van der Waals surface area contributed by atoms with Crippen LogP contribution in [-0.2, 0) is 18.9 Å². The van der Waals surface area contributed by atoms with Crippen molar-refractivity contribution in [1.29, 1.82) is 0 Å².